The van der Waals surface area contributed by atoms with Crippen LogP contribution in [0.1, 0.15) is 5.56 Å². The molecular formula is C44H37IrN4OSi-. The molecule has 9 aromatic rings. The van der Waals surface area contributed by atoms with Gasteiger partial charge in [-0.05, 0) is 64.0 Å². The fourth-order valence-electron chi connectivity index (χ4n) is 6.62. The van der Waals surface area contributed by atoms with Gasteiger partial charge in [-0.25, -0.2) is 14.1 Å². The Kier molecular flexibility index (Phi) is 9.30. The smallest absolute Gasteiger partial charge is 0.304 e. The molecule has 253 valence electrons. The van der Waals surface area contributed by atoms with Gasteiger partial charge in [-0.1, -0.05) is 85.7 Å². The summed E-state index contributed by atoms with van der Waals surface area (Å²) in [5, 5.41) is 5.97. The van der Waals surface area contributed by atoms with Crippen LogP contribution in [-0.4, -0.2) is 22.6 Å². The van der Waals surface area contributed by atoms with Crippen LogP contribution >= 0.6 is 0 Å². The molecule has 0 spiro atoms. The van der Waals surface area contributed by atoms with E-state index in [9.17, 15) is 0 Å². The van der Waals surface area contributed by atoms with Crippen LogP contribution < -0.4 is 9.75 Å². The van der Waals surface area contributed by atoms with Crippen molar-refractivity contribution in [3.05, 3.63) is 151 Å². The van der Waals surface area contributed by atoms with E-state index in [1.807, 2.05) is 54.7 Å². The van der Waals surface area contributed by atoms with Gasteiger partial charge in [0.15, 0.2) is 5.82 Å². The molecule has 0 saturated heterocycles. The maximum atomic E-state index is 6.36. The van der Waals surface area contributed by atoms with E-state index in [2.05, 4.69) is 139 Å². The third kappa shape index (κ3) is 6.56. The number of imidazole rings is 1. The van der Waals surface area contributed by atoms with Crippen LogP contribution in [-0.2, 0) is 27.2 Å². The van der Waals surface area contributed by atoms with E-state index in [4.69, 9.17) is 9.40 Å². The molecule has 0 aliphatic rings. The number of hydrogen-bond donors (Lipinski definition) is 0. The second-order valence-electron chi connectivity index (χ2n) is 13.8. The number of pyridine rings is 2. The zero-order valence-corrected chi connectivity index (χ0v) is 32.6. The molecule has 0 fully saturated rings. The van der Waals surface area contributed by atoms with Gasteiger partial charge >= 0.3 is 5.65 Å². The normalized spacial score (nSPS) is 11.5. The van der Waals surface area contributed by atoms with E-state index in [0.29, 0.717) is 0 Å². The van der Waals surface area contributed by atoms with Gasteiger partial charge in [0.25, 0.3) is 0 Å². The third-order valence-corrected chi connectivity index (χ3v) is 11.2. The van der Waals surface area contributed by atoms with Crippen LogP contribution in [0.5, 0.6) is 0 Å². The van der Waals surface area contributed by atoms with Crippen molar-refractivity contribution < 1.29 is 29.1 Å². The summed E-state index contributed by atoms with van der Waals surface area (Å²) in [5.74, 6) is 0.816. The summed E-state index contributed by atoms with van der Waals surface area (Å²) in [7, 11) is 0.843. The number of para-hydroxylation sites is 1. The standard InChI is InChI=1S/C30H21N3O.C14H16NSi.Ir/c1-19-16-26-30(32(2)18-19)33(22-15-14-20-8-3-4-9-21(20)17-22)29(31-26)25-12-7-11-24-23-10-5-6-13-27(23)34-28(24)25;1-16(2,3)13-9-10-14(15-11-13)12-7-5-4-6-8-12;/h3-11,13-18H,1-2H3;4-7,9-11H,1-3H3;/q;-1;. The fourth-order valence-corrected chi connectivity index (χ4v) is 7.65. The van der Waals surface area contributed by atoms with Crippen molar-refractivity contribution in [1.82, 2.24) is 14.5 Å². The molecule has 4 aromatic heterocycles. The van der Waals surface area contributed by atoms with E-state index in [1.54, 1.807) is 0 Å². The second-order valence-corrected chi connectivity index (χ2v) is 18.9. The number of aromatic nitrogens is 4. The monoisotopic (exact) mass is 858 g/mol. The second kappa shape index (κ2) is 13.8. The Labute approximate surface area is 312 Å². The number of fused-ring (bicyclic) bond motifs is 5. The number of hydrogen-bond acceptors (Lipinski definition) is 3. The van der Waals surface area contributed by atoms with Crippen molar-refractivity contribution in [1.29, 1.82) is 0 Å². The number of aryl methyl sites for hydroxylation is 2. The summed E-state index contributed by atoms with van der Waals surface area (Å²) < 4.78 is 10.7. The van der Waals surface area contributed by atoms with Crippen LogP contribution in [0, 0.1) is 19.1 Å². The number of benzene rings is 5. The maximum Gasteiger partial charge on any atom is 0.304 e. The molecule has 0 bridgehead atoms. The molecule has 0 aliphatic carbocycles. The largest absolute Gasteiger partial charge is 0.500 e. The minimum atomic E-state index is -1.23. The average molecular weight is 858 g/mol. The first-order valence-corrected chi connectivity index (χ1v) is 20.4. The minimum absolute atomic E-state index is 0. The van der Waals surface area contributed by atoms with Crippen molar-refractivity contribution in [2.24, 2.45) is 7.05 Å². The molecule has 7 heteroatoms. The van der Waals surface area contributed by atoms with Gasteiger partial charge in [0.2, 0.25) is 0 Å². The quantitative estimate of drug-likeness (QED) is 0.101. The zero-order valence-electron chi connectivity index (χ0n) is 29.2. The van der Waals surface area contributed by atoms with Gasteiger partial charge in [0, 0.05) is 31.7 Å². The Morgan fingerprint density at radius 1 is 0.765 bits per heavy atom. The predicted molar refractivity (Wildman–Crippen MR) is 208 cm³/mol. The Morgan fingerprint density at radius 2 is 1.55 bits per heavy atom. The van der Waals surface area contributed by atoms with Crippen molar-refractivity contribution in [3.8, 4) is 28.3 Å². The predicted octanol–water partition coefficient (Wildman–Crippen LogP) is 9.77. The minimum Gasteiger partial charge on any atom is -0.500 e. The molecular weight excluding hydrogens is 821 g/mol. The molecule has 0 aliphatic heterocycles. The van der Waals surface area contributed by atoms with E-state index in [0.717, 1.165) is 67.0 Å². The Morgan fingerprint density at radius 3 is 2.31 bits per heavy atom. The Hall–Kier alpha value is -5.20. The third-order valence-electron chi connectivity index (χ3n) is 9.14. The Balaban J connectivity index is 0.000000202. The number of furan rings is 1. The van der Waals surface area contributed by atoms with Gasteiger partial charge in [-0.15, -0.1) is 54.1 Å². The topological polar surface area (TPSA) is 47.7 Å². The van der Waals surface area contributed by atoms with Gasteiger partial charge in [0.05, 0.1) is 26.9 Å². The molecule has 0 N–H and O–H groups in total. The van der Waals surface area contributed by atoms with Crippen molar-refractivity contribution >= 4 is 57.1 Å². The molecule has 5 nitrogen and oxygen atoms in total. The van der Waals surface area contributed by atoms with E-state index < -0.39 is 8.07 Å². The van der Waals surface area contributed by atoms with E-state index >= 15 is 0 Å². The first-order chi connectivity index (χ1) is 24.2. The number of nitrogens with zero attached hydrogens (tertiary/aromatic N) is 4. The SMILES string of the molecule is C[Si](C)(C)c1ccc(-c2[c-]cccc2)nc1.Cc1cc2nc(-c3[c-]ccc4c3oc3ccccc34)n(-c3ccc4ccccc4c3)c2[n+](C)c1.[Ir]. The summed E-state index contributed by atoms with van der Waals surface area (Å²) >= 11 is 0. The fraction of sp³-hybridized carbons (Fsp3) is 0.114. The van der Waals surface area contributed by atoms with Gasteiger partial charge in [-0.3, -0.25) is 0 Å². The molecule has 1 radical (unpaired) electrons. The van der Waals surface area contributed by atoms with Gasteiger partial charge < -0.3 is 9.40 Å². The first kappa shape index (κ1) is 34.3. The molecule has 5 aromatic carbocycles. The summed E-state index contributed by atoms with van der Waals surface area (Å²) in [6, 6.07) is 48.2. The van der Waals surface area contributed by atoms with Crippen molar-refractivity contribution in [2.75, 3.05) is 0 Å². The summed E-state index contributed by atoms with van der Waals surface area (Å²) in [5.41, 5.74) is 8.77. The first-order valence-electron chi connectivity index (χ1n) is 16.9. The van der Waals surface area contributed by atoms with Crippen molar-refractivity contribution in [2.45, 2.75) is 26.6 Å². The van der Waals surface area contributed by atoms with Crippen LogP contribution in [0.15, 0.2) is 138 Å². The molecule has 9 rings (SSSR count). The van der Waals surface area contributed by atoms with Crippen LogP contribution in [0.4, 0.5) is 0 Å². The summed E-state index contributed by atoms with van der Waals surface area (Å²) in [4.78, 5) is 9.65. The van der Waals surface area contributed by atoms with Crippen LogP contribution in [0.25, 0.3) is 72.2 Å². The Bertz CT molecular complexity index is 2660. The summed E-state index contributed by atoms with van der Waals surface area (Å²) in [6.07, 6.45) is 4.15. The summed E-state index contributed by atoms with van der Waals surface area (Å²) in [6.45, 7) is 9.09. The van der Waals surface area contributed by atoms with Gasteiger partial charge in [-0.2, -0.15) is 0 Å². The van der Waals surface area contributed by atoms with Crippen LogP contribution in [0.3, 0.4) is 0 Å². The van der Waals surface area contributed by atoms with Gasteiger partial charge in [0.1, 0.15) is 16.8 Å². The molecule has 0 amide bonds. The molecule has 4 heterocycles. The zero-order chi connectivity index (χ0) is 34.4. The van der Waals surface area contributed by atoms with Crippen LogP contribution in [0.2, 0.25) is 19.6 Å². The molecule has 0 unspecified atom stereocenters. The van der Waals surface area contributed by atoms with Crippen molar-refractivity contribution in [3.63, 3.8) is 0 Å². The molecule has 0 saturated carbocycles. The maximum absolute atomic E-state index is 6.36. The molecule has 0 atom stereocenters. The number of rotatable bonds is 4. The van der Waals surface area contributed by atoms with E-state index in [1.165, 1.54) is 16.0 Å². The molecule has 51 heavy (non-hydrogen) atoms. The van der Waals surface area contributed by atoms with E-state index in [-0.39, 0.29) is 20.1 Å². The average Bonchev–Trinajstić information content (AvgIpc) is 3.71.